The zero-order chi connectivity index (χ0) is 45.9. The number of hydrogen-bond acceptors (Lipinski definition) is 1. The highest BCUT2D eigenvalue weighted by Gasteiger charge is 2.23. The third kappa shape index (κ3) is 7.97. The third-order valence-corrected chi connectivity index (χ3v) is 13.5. The van der Waals surface area contributed by atoms with Gasteiger partial charge in [0.2, 0.25) is 0 Å². The summed E-state index contributed by atoms with van der Waals surface area (Å²) in [7, 11) is 0. The van der Waals surface area contributed by atoms with Crippen molar-refractivity contribution >= 4 is 38.6 Å². The van der Waals surface area contributed by atoms with E-state index in [4.69, 9.17) is 0 Å². The fourth-order valence-electron chi connectivity index (χ4n) is 10.2. The van der Waals surface area contributed by atoms with E-state index in [2.05, 4.69) is 290 Å². The Morgan fingerprint density at radius 3 is 0.957 bits per heavy atom. The van der Waals surface area contributed by atoms with Crippen molar-refractivity contribution in [3.05, 3.63) is 285 Å². The number of nitrogens with zero attached hydrogens (tertiary/aromatic N) is 1. The molecule has 0 aliphatic carbocycles. The van der Waals surface area contributed by atoms with Crippen molar-refractivity contribution in [2.75, 3.05) is 4.90 Å². The molecule has 0 fully saturated rings. The summed E-state index contributed by atoms with van der Waals surface area (Å²) in [5, 5.41) is 4.98. The van der Waals surface area contributed by atoms with Crippen LogP contribution in [0.15, 0.2) is 285 Å². The van der Waals surface area contributed by atoms with E-state index in [0.717, 1.165) is 44.9 Å². The lowest BCUT2D eigenvalue weighted by atomic mass is 9.84. The molecule has 1 heteroatoms. The Morgan fingerprint density at radius 1 is 0.188 bits per heavy atom. The molecule has 0 radical (unpaired) electrons. The van der Waals surface area contributed by atoms with Crippen molar-refractivity contribution in [2.45, 2.75) is 0 Å². The van der Waals surface area contributed by atoms with Gasteiger partial charge < -0.3 is 4.90 Å². The molecule has 0 atom stereocenters. The minimum absolute atomic E-state index is 1.07. The van der Waals surface area contributed by atoms with Crippen LogP contribution >= 0.6 is 0 Å². The van der Waals surface area contributed by atoms with E-state index in [0.29, 0.717) is 0 Å². The Bertz CT molecular complexity index is 3590. The summed E-state index contributed by atoms with van der Waals surface area (Å²) in [4.78, 5) is 2.46. The lowest BCUT2D eigenvalue weighted by molar-refractivity contribution is 1.28. The Labute approximate surface area is 404 Å². The van der Waals surface area contributed by atoms with Crippen LogP contribution in [-0.2, 0) is 0 Å². The van der Waals surface area contributed by atoms with Gasteiger partial charge in [-0.3, -0.25) is 0 Å². The predicted molar refractivity (Wildman–Crippen MR) is 294 cm³/mol. The van der Waals surface area contributed by atoms with Crippen LogP contribution in [0.1, 0.15) is 0 Å². The average molecular weight is 878 g/mol. The van der Waals surface area contributed by atoms with Crippen molar-refractivity contribution in [2.24, 2.45) is 0 Å². The van der Waals surface area contributed by atoms with Gasteiger partial charge in [-0.15, -0.1) is 0 Å². The van der Waals surface area contributed by atoms with Crippen LogP contribution in [0.5, 0.6) is 0 Å². The zero-order valence-corrected chi connectivity index (χ0v) is 38.1. The average Bonchev–Trinajstić information content (AvgIpc) is 3.44. The van der Waals surface area contributed by atoms with Crippen molar-refractivity contribution in [1.29, 1.82) is 0 Å². The highest BCUT2D eigenvalue weighted by molar-refractivity contribution is 6.22. The van der Waals surface area contributed by atoms with Gasteiger partial charge >= 0.3 is 0 Å². The Hall–Kier alpha value is -9.04. The lowest BCUT2D eigenvalue weighted by Gasteiger charge is -2.31. The summed E-state index contributed by atoms with van der Waals surface area (Å²) < 4.78 is 0. The second kappa shape index (κ2) is 18.3. The first kappa shape index (κ1) is 41.4. The van der Waals surface area contributed by atoms with Gasteiger partial charge in [-0.05, 0) is 131 Å². The molecule has 0 saturated heterocycles. The molecule has 324 valence electrons. The molecule has 1 nitrogen and oxygen atoms in total. The monoisotopic (exact) mass is 877 g/mol. The maximum Gasteiger partial charge on any atom is 0.0540 e. The molecule has 0 unspecified atom stereocenters. The first-order chi connectivity index (χ1) is 34.2. The van der Waals surface area contributed by atoms with E-state index in [1.165, 1.54) is 71.6 Å². The summed E-state index contributed by atoms with van der Waals surface area (Å²) in [5.74, 6) is 0. The van der Waals surface area contributed by atoms with Crippen molar-refractivity contribution in [1.82, 2.24) is 0 Å². The molecule has 12 aromatic rings. The van der Waals surface area contributed by atoms with Crippen molar-refractivity contribution in [3.63, 3.8) is 0 Å². The zero-order valence-electron chi connectivity index (χ0n) is 38.1. The van der Waals surface area contributed by atoms with E-state index in [1.54, 1.807) is 0 Å². The van der Waals surface area contributed by atoms with Crippen molar-refractivity contribution in [3.8, 4) is 77.9 Å². The second-order valence-electron chi connectivity index (χ2n) is 17.6. The maximum absolute atomic E-state index is 2.46. The Balaban J connectivity index is 1.05. The molecule has 0 N–H and O–H groups in total. The third-order valence-electron chi connectivity index (χ3n) is 13.5. The molecular weight excluding hydrogens is 831 g/mol. The van der Waals surface area contributed by atoms with E-state index in [9.17, 15) is 0 Å². The highest BCUT2D eigenvalue weighted by atomic mass is 15.1. The quantitative estimate of drug-likeness (QED) is 0.124. The number of hydrogen-bond donors (Lipinski definition) is 0. The van der Waals surface area contributed by atoms with Gasteiger partial charge in [0.05, 0.1) is 11.4 Å². The molecule has 69 heavy (non-hydrogen) atoms. The number of fused-ring (bicyclic) bond motifs is 3. The van der Waals surface area contributed by atoms with Crippen molar-refractivity contribution < 1.29 is 0 Å². The van der Waals surface area contributed by atoms with Crippen LogP contribution in [0.25, 0.3) is 99.4 Å². The van der Waals surface area contributed by atoms with E-state index in [-0.39, 0.29) is 0 Å². The molecule has 0 heterocycles. The Kier molecular flexibility index (Phi) is 11.0. The van der Waals surface area contributed by atoms with Crippen LogP contribution in [0.2, 0.25) is 0 Å². The number of rotatable bonds is 10. The molecule has 0 aliphatic heterocycles. The molecular formula is C68H47N. The van der Waals surface area contributed by atoms with Crippen LogP contribution in [0, 0.1) is 0 Å². The lowest BCUT2D eigenvalue weighted by Crippen LogP contribution is -2.13. The number of anilines is 3. The van der Waals surface area contributed by atoms with Gasteiger partial charge in [-0.2, -0.15) is 0 Å². The van der Waals surface area contributed by atoms with Gasteiger partial charge in [0.1, 0.15) is 0 Å². The second-order valence-corrected chi connectivity index (χ2v) is 17.6. The van der Waals surface area contributed by atoms with Gasteiger partial charge in [0.15, 0.2) is 0 Å². The molecule has 0 saturated carbocycles. The van der Waals surface area contributed by atoms with Gasteiger partial charge in [-0.25, -0.2) is 0 Å². The normalized spacial score (nSPS) is 11.2. The molecule has 0 bridgehead atoms. The summed E-state index contributed by atoms with van der Waals surface area (Å²) in [5.41, 5.74) is 19.9. The summed E-state index contributed by atoms with van der Waals surface area (Å²) in [6.45, 7) is 0. The van der Waals surface area contributed by atoms with Crippen LogP contribution in [0.4, 0.5) is 17.1 Å². The molecule has 12 aromatic carbocycles. The van der Waals surface area contributed by atoms with Crippen LogP contribution < -0.4 is 4.90 Å². The fourth-order valence-corrected chi connectivity index (χ4v) is 10.2. The maximum atomic E-state index is 2.46. The highest BCUT2D eigenvalue weighted by Crippen LogP contribution is 2.49. The van der Waals surface area contributed by atoms with Crippen LogP contribution in [0.3, 0.4) is 0 Å². The van der Waals surface area contributed by atoms with E-state index in [1.807, 2.05) is 0 Å². The minimum Gasteiger partial charge on any atom is -0.309 e. The number of benzene rings is 12. The van der Waals surface area contributed by atoms with Crippen LogP contribution in [-0.4, -0.2) is 0 Å². The topological polar surface area (TPSA) is 3.24 Å². The standard InChI is InChI=1S/C68H47N/c1-7-21-48(22-8-1)56-38-43-65(62(45-56)51-25-11-3-12-26-51)69(66-44-39-57(49-23-9-2-10-24-49)46-63(66)52-27-13-4-14-28-52)58-40-35-50(36-41-58)55-37-42-61-64(47-55)59-33-19-20-34-60(59)67(53-29-15-5-16-30-53)68(61)54-31-17-6-18-32-54/h1-47H. The smallest absolute Gasteiger partial charge is 0.0540 e. The predicted octanol–water partition coefficient (Wildman–Crippen LogP) is 19.1. The van der Waals surface area contributed by atoms with Gasteiger partial charge in [0, 0.05) is 16.8 Å². The SMILES string of the molecule is c1ccc(-c2ccc(N(c3ccc(-c4ccc5c(-c6ccccc6)c(-c6ccccc6)c6ccccc6c5c4)cc3)c3ccc(-c4ccccc4)cc3-c3ccccc3)c(-c3ccccc3)c2)cc1. The fraction of sp³-hybridized carbons (Fsp3) is 0. The molecule has 0 amide bonds. The summed E-state index contributed by atoms with van der Waals surface area (Å²) in [6.07, 6.45) is 0. The van der Waals surface area contributed by atoms with E-state index >= 15 is 0 Å². The minimum atomic E-state index is 1.07. The van der Waals surface area contributed by atoms with E-state index < -0.39 is 0 Å². The Morgan fingerprint density at radius 2 is 0.507 bits per heavy atom. The summed E-state index contributed by atoms with van der Waals surface area (Å²) in [6, 6.07) is 104. The van der Waals surface area contributed by atoms with Gasteiger partial charge in [-0.1, -0.05) is 243 Å². The molecule has 0 aliphatic rings. The molecule has 0 spiro atoms. The molecule has 12 rings (SSSR count). The van der Waals surface area contributed by atoms with Gasteiger partial charge in [0.25, 0.3) is 0 Å². The largest absolute Gasteiger partial charge is 0.309 e. The summed E-state index contributed by atoms with van der Waals surface area (Å²) >= 11 is 0. The first-order valence-corrected chi connectivity index (χ1v) is 23.7. The first-order valence-electron chi connectivity index (χ1n) is 23.7. The molecule has 0 aromatic heterocycles.